The fraction of sp³-hybridized carbons (Fsp3) is 0.118. The minimum Gasteiger partial charge on any atom is -0.507 e. The van der Waals surface area contributed by atoms with Crippen molar-refractivity contribution in [1.82, 2.24) is 0 Å². The number of carbonyl (C=O) groups is 1. The van der Waals surface area contributed by atoms with Gasteiger partial charge in [0.1, 0.15) is 22.8 Å². The standard InChI is InChI=1S/C17H15BrO4/c1-21-13-9-15(20)17(16(10-13)22-2)14(19)8-5-11-3-6-12(18)7-4-11/h3-10,20H,1-2H3/b8-5+. The summed E-state index contributed by atoms with van der Waals surface area (Å²) in [6, 6.07) is 10.5. The SMILES string of the molecule is COc1cc(O)c(C(=O)/C=C/c2ccc(Br)cc2)c(OC)c1. The Kier molecular flexibility index (Phi) is 5.22. The van der Waals surface area contributed by atoms with Crippen molar-refractivity contribution < 1.29 is 19.4 Å². The number of hydrogen-bond donors (Lipinski definition) is 1. The highest BCUT2D eigenvalue weighted by Gasteiger charge is 2.17. The van der Waals surface area contributed by atoms with Gasteiger partial charge in [0.2, 0.25) is 0 Å². The average molecular weight is 363 g/mol. The fourth-order valence-electron chi connectivity index (χ4n) is 1.93. The van der Waals surface area contributed by atoms with E-state index in [0.717, 1.165) is 10.0 Å². The van der Waals surface area contributed by atoms with Crippen LogP contribution < -0.4 is 9.47 Å². The molecule has 2 aromatic carbocycles. The third-order valence-electron chi connectivity index (χ3n) is 3.05. The summed E-state index contributed by atoms with van der Waals surface area (Å²) in [5.74, 6) is 0.159. The van der Waals surface area contributed by atoms with Gasteiger partial charge in [-0.25, -0.2) is 0 Å². The highest BCUT2D eigenvalue weighted by Crippen LogP contribution is 2.33. The molecule has 0 aromatic heterocycles. The van der Waals surface area contributed by atoms with Gasteiger partial charge in [-0.3, -0.25) is 4.79 Å². The molecule has 0 atom stereocenters. The van der Waals surface area contributed by atoms with Crippen molar-refractivity contribution in [2.45, 2.75) is 0 Å². The smallest absolute Gasteiger partial charge is 0.193 e. The number of ketones is 1. The lowest BCUT2D eigenvalue weighted by atomic mass is 10.1. The maximum Gasteiger partial charge on any atom is 0.193 e. The number of carbonyl (C=O) groups excluding carboxylic acids is 1. The molecule has 0 aliphatic rings. The van der Waals surface area contributed by atoms with Crippen molar-refractivity contribution >= 4 is 27.8 Å². The van der Waals surface area contributed by atoms with Gasteiger partial charge in [-0.2, -0.15) is 0 Å². The van der Waals surface area contributed by atoms with Gasteiger partial charge in [0.25, 0.3) is 0 Å². The van der Waals surface area contributed by atoms with Crippen LogP contribution in [0.3, 0.4) is 0 Å². The number of halogens is 1. The van der Waals surface area contributed by atoms with E-state index in [4.69, 9.17) is 9.47 Å². The van der Waals surface area contributed by atoms with Gasteiger partial charge in [0.05, 0.1) is 14.2 Å². The molecule has 4 nitrogen and oxygen atoms in total. The van der Waals surface area contributed by atoms with E-state index in [-0.39, 0.29) is 22.8 Å². The minimum absolute atomic E-state index is 0.108. The fourth-order valence-corrected chi connectivity index (χ4v) is 2.20. The summed E-state index contributed by atoms with van der Waals surface area (Å²) in [5, 5.41) is 10.0. The molecule has 1 N–H and O–H groups in total. The van der Waals surface area contributed by atoms with Crippen molar-refractivity contribution in [2.75, 3.05) is 14.2 Å². The Balaban J connectivity index is 2.31. The predicted octanol–water partition coefficient (Wildman–Crippen LogP) is 4.07. The first-order chi connectivity index (χ1) is 10.5. The molecule has 2 aromatic rings. The van der Waals surface area contributed by atoms with Gasteiger partial charge < -0.3 is 14.6 Å². The average Bonchev–Trinajstić information content (AvgIpc) is 2.53. The van der Waals surface area contributed by atoms with Crippen LogP contribution in [0.15, 0.2) is 46.9 Å². The van der Waals surface area contributed by atoms with E-state index in [1.165, 1.54) is 26.4 Å². The van der Waals surface area contributed by atoms with E-state index in [0.29, 0.717) is 5.75 Å². The third kappa shape index (κ3) is 3.68. The summed E-state index contributed by atoms with van der Waals surface area (Å²) in [6.07, 6.45) is 3.07. The number of aromatic hydroxyl groups is 1. The lowest BCUT2D eigenvalue weighted by Crippen LogP contribution is -2.00. The number of ether oxygens (including phenoxy) is 2. The minimum atomic E-state index is -0.347. The summed E-state index contributed by atoms with van der Waals surface area (Å²) in [7, 11) is 2.91. The number of allylic oxidation sites excluding steroid dienone is 1. The number of methoxy groups -OCH3 is 2. The van der Waals surface area contributed by atoms with Crippen molar-refractivity contribution in [3.8, 4) is 17.2 Å². The summed E-state index contributed by atoms with van der Waals surface area (Å²) in [6.45, 7) is 0. The summed E-state index contributed by atoms with van der Waals surface area (Å²) in [4.78, 5) is 12.3. The van der Waals surface area contributed by atoms with E-state index < -0.39 is 0 Å². The molecule has 0 aliphatic carbocycles. The van der Waals surface area contributed by atoms with E-state index in [2.05, 4.69) is 15.9 Å². The van der Waals surface area contributed by atoms with E-state index >= 15 is 0 Å². The first-order valence-electron chi connectivity index (χ1n) is 6.48. The molecule has 0 saturated heterocycles. The van der Waals surface area contributed by atoms with Crippen LogP contribution in [-0.4, -0.2) is 25.1 Å². The summed E-state index contributed by atoms with van der Waals surface area (Å²) >= 11 is 3.35. The number of phenols is 1. The van der Waals surface area contributed by atoms with Gasteiger partial charge >= 0.3 is 0 Å². The van der Waals surface area contributed by atoms with Crippen molar-refractivity contribution in [1.29, 1.82) is 0 Å². The van der Waals surface area contributed by atoms with Crippen LogP contribution in [0.2, 0.25) is 0 Å². The number of phenolic OH excluding ortho intramolecular Hbond substituents is 1. The first-order valence-corrected chi connectivity index (χ1v) is 7.27. The predicted molar refractivity (Wildman–Crippen MR) is 88.7 cm³/mol. The molecule has 0 saturated carbocycles. The topological polar surface area (TPSA) is 55.8 Å². The monoisotopic (exact) mass is 362 g/mol. The molecule has 2 rings (SSSR count). The van der Waals surface area contributed by atoms with E-state index in [1.807, 2.05) is 24.3 Å². The molecular weight excluding hydrogens is 348 g/mol. The Morgan fingerprint density at radius 1 is 1.14 bits per heavy atom. The Morgan fingerprint density at radius 3 is 2.41 bits per heavy atom. The molecule has 0 bridgehead atoms. The first kappa shape index (κ1) is 16.1. The largest absolute Gasteiger partial charge is 0.507 e. The highest BCUT2D eigenvalue weighted by atomic mass is 79.9. The second kappa shape index (κ2) is 7.13. The molecule has 0 fully saturated rings. The zero-order valence-electron chi connectivity index (χ0n) is 12.2. The number of benzene rings is 2. The molecular formula is C17H15BrO4. The highest BCUT2D eigenvalue weighted by molar-refractivity contribution is 9.10. The maximum atomic E-state index is 12.3. The quantitative estimate of drug-likeness (QED) is 0.643. The molecule has 22 heavy (non-hydrogen) atoms. The van der Waals surface area contributed by atoms with Crippen LogP contribution in [0.5, 0.6) is 17.2 Å². The van der Waals surface area contributed by atoms with Crippen LogP contribution in [0.4, 0.5) is 0 Å². The summed E-state index contributed by atoms with van der Waals surface area (Å²) < 4.78 is 11.2. The Labute approximate surface area is 137 Å². The Morgan fingerprint density at radius 2 is 1.82 bits per heavy atom. The van der Waals surface area contributed by atoms with Crippen molar-refractivity contribution in [3.63, 3.8) is 0 Å². The Hall–Kier alpha value is -2.27. The zero-order valence-corrected chi connectivity index (χ0v) is 13.8. The second-order valence-electron chi connectivity index (χ2n) is 4.47. The maximum absolute atomic E-state index is 12.3. The lowest BCUT2D eigenvalue weighted by Gasteiger charge is -2.10. The lowest BCUT2D eigenvalue weighted by molar-refractivity contribution is 0.104. The molecule has 0 aliphatic heterocycles. The van der Waals surface area contributed by atoms with Gasteiger partial charge in [0.15, 0.2) is 5.78 Å². The van der Waals surface area contributed by atoms with E-state index in [1.54, 1.807) is 12.1 Å². The molecule has 0 amide bonds. The number of hydrogen-bond acceptors (Lipinski definition) is 4. The van der Waals surface area contributed by atoms with E-state index in [9.17, 15) is 9.90 Å². The van der Waals surface area contributed by atoms with Gasteiger partial charge in [0, 0.05) is 16.6 Å². The van der Waals surface area contributed by atoms with Crippen LogP contribution >= 0.6 is 15.9 Å². The number of rotatable bonds is 5. The van der Waals surface area contributed by atoms with Gasteiger partial charge in [-0.15, -0.1) is 0 Å². The normalized spacial score (nSPS) is 10.7. The molecule has 0 heterocycles. The molecule has 114 valence electrons. The van der Waals surface area contributed by atoms with Crippen LogP contribution in [0.1, 0.15) is 15.9 Å². The Bertz CT molecular complexity index is 705. The van der Waals surface area contributed by atoms with Gasteiger partial charge in [-0.05, 0) is 23.8 Å². The second-order valence-corrected chi connectivity index (χ2v) is 5.39. The summed E-state index contributed by atoms with van der Waals surface area (Å²) in [5.41, 5.74) is 0.986. The molecule has 0 radical (unpaired) electrons. The van der Waals surface area contributed by atoms with Crippen molar-refractivity contribution in [3.05, 3.63) is 58.1 Å². The van der Waals surface area contributed by atoms with Gasteiger partial charge in [-0.1, -0.05) is 34.1 Å². The molecule has 0 spiro atoms. The molecule has 5 heteroatoms. The zero-order chi connectivity index (χ0) is 16.1. The van der Waals surface area contributed by atoms with Crippen molar-refractivity contribution in [2.24, 2.45) is 0 Å². The van der Waals surface area contributed by atoms with Crippen LogP contribution in [-0.2, 0) is 0 Å². The van der Waals surface area contributed by atoms with Crippen LogP contribution in [0.25, 0.3) is 6.08 Å². The van der Waals surface area contributed by atoms with Crippen LogP contribution in [0, 0.1) is 0 Å². The third-order valence-corrected chi connectivity index (χ3v) is 3.58. The molecule has 0 unspecified atom stereocenters.